The summed E-state index contributed by atoms with van der Waals surface area (Å²) in [7, 11) is 0. The number of ether oxygens (including phenoxy) is 1. The first-order valence-corrected chi connectivity index (χ1v) is 6.71. The van der Waals surface area contributed by atoms with Crippen LogP contribution in [0.5, 0.6) is 11.6 Å². The van der Waals surface area contributed by atoms with Gasteiger partial charge in [0.25, 0.3) is 0 Å². The van der Waals surface area contributed by atoms with E-state index < -0.39 is 0 Å². The van der Waals surface area contributed by atoms with Gasteiger partial charge in [-0.2, -0.15) is 5.26 Å². The molecule has 0 saturated heterocycles. The van der Waals surface area contributed by atoms with E-state index in [1.807, 2.05) is 36.6 Å². The Hall–Kier alpha value is -1.70. The molecule has 2 aromatic rings. The molecule has 0 atom stereocenters. The molecule has 0 fully saturated rings. The average Bonchev–Trinajstić information content (AvgIpc) is 2.39. The summed E-state index contributed by atoms with van der Waals surface area (Å²) in [6, 6.07) is 12.6. The summed E-state index contributed by atoms with van der Waals surface area (Å²) < 4.78 is 5.55. The third kappa shape index (κ3) is 3.16. The van der Waals surface area contributed by atoms with E-state index in [4.69, 9.17) is 21.6 Å². The molecule has 1 aromatic carbocycles. The van der Waals surface area contributed by atoms with Gasteiger partial charge < -0.3 is 4.74 Å². The Labute approximate surface area is 114 Å². The minimum Gasteiger partial charge on any atom is -0.439 e. The van der Waals surface area contributed by atoms with Crippen LogP contribution in [0.25, 0.3) is 0 Å². The maximum absolute atomic E-state index is 8.83. The molecule has 18 heavy (non-hydrogen) atoms. The molecule has 2 rings (SSSR count). The van der Waals surface area contributed by atoms with Crippen molar-refractivity contribution in [2.24, 2.45) is 0 Å². The van der Waals surface area contributed by atoms with Crippen LogP contribution in [0.1, 0.15) is 5.56 Å². The molecule has 5 heteroatoms. The topological polar surface area (TPSA) is 45.9 Å². The van der Waals surface area contributed by atoms with E-state index in [0.717, 1.165) is 4.90 Å². The van der Waals surface area contributed by atoms with Crippen LogP contribution in [0.15, 0.2) is 41.3 Å². The molecule has 0 N–H and O–H groups in total. The van der Waals surface area contributed by atoms with Gasteiger partial charge in [-0.3, -0.25) is 0 Å². The molecule has 0 radical (unpaired) electrons. The van der Waals surface area contributed by atoms with Crippen molar-refractivity contribution in [3.05, 3.63) is 47.1 Å². The SMILES string of the molecule is CSc1ccc(Oc2cc(C#N)cc(Cl)n2)cc1. The lowest BCUT2D eigenvalue weighted by Gasteiger charge is -2.05. The molecule has 0 bridgehead atoms. The summed E-state index contributed by atoms with van der Waals surface area (Å²) >= 11 is 7.45. The number of nitrogens with zero attached hydrogens (tertiary/aromatic N) is 2. The maximum atomic E-state index is 8.83. The first kappa shape index (κ1) is 12.7. The fourth-order valence-electron chi connectivity index (χ4n) is 1.35. The molecule has 90 valence electrons. The lowest BCUT2D eigenvalue weighted by molar-refractivity contribution is 0.462. The van der Waals surface area contributed by atoms with Crippen LogP contribution in [0, 0.1) is 11.3 Å². The Morgan fingerprint density at radius 3 is 2.61 bits per heavy atom. The van der Waals surface area contributed by atoms with Crippen LogP contribution in [0.2, 0.25) is 5.15 Å². The highest BCUT2D eigenvalue weighted by atomic mass is 35.5. The minimum absolute atomic E-state index is 0.241. The van der Waals surface area contributed by atoms with Crippen molar-refractivity contribution in [2.45, 2.75) is 4.90 Å². The fraction of sp³-hybridized carbons (Fsp3) is 0.0769. The van der Waals surface area contributed by atoms with Crippen LogP contribution < -0.4 is 4.74 Å². The van der Waals surface area contributed by atoms with Gasteiger partial charge in [0.05, 0.1) is 11.6 Å². The number of hydrogen-bond donors (Lipinski definition) is 0. The summed E-state index contributed by atoms with van der Waals surface area (Å²) in [6.45, 7) is 0. The third-order valence-corrected chi connectivity index (χ3v) is 3.12. The second-order valence-corrected chi connectivity index (χ2v) is 4.67. The number of rotatable bonds is 3. The number of aromatic nitrogens is 1. The Kier molecular flexibility index (Phi) is 4.08. The van der Waals surface area contributed by atoms with E-state index in [1.54, 1.807) is 17.8 Å². The van der Waals surface area contributed by atoms with Gasteiger partial charge in [-0.25, -0.2) is 4.98 Å². The Balaban J connectivity index is 2.22. The molecule has 0 aliphatic rings. The molecule has 0 spiro atoms. The molecular formula is C13H9ClN2OS. The standard InChI is InChI=1S/C13H9ClN2OS/c1-18-11-4-2-10(3-5-11)17-13-7-9(8-15)6-12(14)16-13/h2-7H,1H3. The van der Waals surface area contributed by atoms with Gasteiger partial charge in [0.2, 0.25) is 5.88 Å². The number of pyridine rings is 1. The number of nitriles is 1. The molecule has 0 amide bonds. The lowest BCUT2D eigenvalue weighted by Crippen LogP contribution is -1.89. The van der Waals surface area contributed by atoms with Crippen molar-refractivity contribution in [3.63, 3.8) is 0 Å². The summed E-state index contributed by atoms with van der Waals surface area (Å²) in [5, 5.41) is 9.07. The second-order valence-electron chi connectivity index (χ2n) is 3.41. The highest BCUT2D eigenvalue weighted by Crippen LogP contribution is 2.24. The molecule has 0 saturated carbocycles. The van der Waals surface area contributed by atoms with Crippen molar-refractivity contribution in [3.8, 4) is 17.7 Å². The highest BCUT2D eigenvalue weighted by Gasteiger charge is 2.03. The van der Waals surface area contributed by atoms with Crippen LogP contribution >= 0.6 is 23.4 Å². The van der Waals surface area contributed by atoms with Crippen LogP contribution in [-0.4, -0.2) is 11.2 Å². The largest absolute Gasteiger partial charge is 0.439 e. The summed E-state index contributed by atoms with van der Waals surface area (Å²) in [4.78, 5) is 5.16. The van der Waals surface area contributed by atoms with Gasteiger partial charge in [0, 0.05) is 11.0 Å². The normalized spacial score (nSPS) is 9.83. The van der Waals surface area contributed by atoms with Crippen molar-refractivity contribution in [2.75, 3.05) is 6.26 Å². The van der Waals surface area contributed by atoms with Crippen LogP contribution in [0.4, 0.5) is 0 Å². The summed E-state index contributed by atoms with van der Waals surface area (Å²) in [6.07, 6.45) is 2.01. The van der Waals surface area contributed by atoms with Crippen molar-refractivity contribution >= 4 is 23.4 Å². The van der Waals surface area contributed by atoms with Gasteiger partial charge in [0.15, 0.2) is 0 Å². The smallest absolute Gasteiger partial charge is 0.221 e. The van der Waals surface area contributed by atoms with E-state index in [0.29, 0.717) is 17.2 Å². The van der Waals surface area contributed by atoms with Gasteiger partial charge >= 0.3 is 0 Å². The maximum Gasteiger partial charge on any atom is 0.221 e. The third-order valence-electron chi connectivity index (χ3n) is 2.18. The Bertz CT molecular complexity index is 593. The average molecular weight is 277 g/mol. The zero-order valence-corrected chi connectivity index (χ0v) is 11.1. The van der Waals surface area contributed by atoms with Crippen molar-refractivity contribution in [1.82, 2.24) is 4.98 Å². The first-order chi connectivity index (χ1) is 8.71. The lowest BCUT2D eigenvalue weighted by atomic mass is 10.3. The van der Waals surface area contributed by atoms with E-state index in [-0.39, 0.29) is 5.15 Å². The molecule has 3 nitrogen and oxygen atoms in total. The molecule has 0 unspecified atom stereocenters. The van der Waals surface area contributed by atoms with E-state index in [1.165, 1.54) is 6.07 Å². The molecule has 1 aromatic heterocycles. The number of benzene rings is 1. The predicted octanol–water partition coefficient (Wildman–Crippen LogP) is 4.12. The van der Waals surface area contributed by atoms with Gasteiger partial charge in [0.1, 0.15) is 10.9 Å². The highest BCUT2D eigenvalue weighted by molar-refractivity contribution is 7.98. The Morgan fingerprint density at radius 2 is 2.00 bits per heavy atom. The van der Waals surface area contributed by atoms with Gasteiger partial charge in [-0.1, -0.05) is 11.6 Å². The minimum atomic E-state index is 0.241. The number of halogens is 1. The zero-order valence-electron chi connectivity index (χ0n) is 9.55. The summed E-state index contributed by atoms with van der Waals surface area (Å²) in [5.74, 6) is 0.974. The van der Waals surface area contributed by atoms with E-state index in [9.17, 15) is 0 Å². The van der Waals surface area contributed by atoms with Crippen molar-refractivity contribution < 1.29 is 4.74 Å². The molecule has 0 aliphatic carbocycles. The van der Waals surface area contributed by atoms with Gasteiger partial charge in [-0.05, 0) is 36.6 Å². The molecular weight excluding hydrogens is 268 g/mol. The van der Waals surface area contributed by atoms with E-state index >= 15 is 0 Å². The first-order valence-electron chi connectivity index (χ1n) is 5.11. The Morgan fingerprint density at radius 1 is 1.28 bits per heavy atom. The zero-order chi connectivity index (χ0) is 13.0. The number of hydrogen-bond acceptors (Lipinski definition) is 4. The molecule has 1 heterocycles. The van der Waals surface area contributed by atoms with Crippen molar-refractivity contribution in [1.29, 1.82) is 5.26 Å². The fourth-order valence-corrected chi connectivity index (χ4v) is 1.96. The van der Waals surface area contributed by atoms with Crippen LogP contribution in [-0.2, 0) is 0 Å². The van der Waals surface area contributed by atoms with E-state index in [2.05, 4.69) is 4.98 Å². The predicted molar refractivity (Wildman–Crippen MR) is 72.3 cm³/mol. The molecule has 0 aliphatic heterocycles. The monoisotopic (exact) mass is 276 g/mol. The summed E-state index contributed by atoms with van der Waals surface area (Å²) in [5.41, 5.74) is 0.422. The second kappa shape index (κ2) is 5.76. The van der Waals surface area contributed by atoms with Gasteiger partial charge in [-0.15, -0.1) is 11.8 Å². The number of thioether (sulfide) groups is 1. The quantitative estimate of drug-likeness (QED) is 0.625. The van der Waals surface area contributed by atoms with Crippen LogP contribution in [0.3, 0.4) is 0 Å².